The molecule has 7 heteroatoms. The normalized spacial score (nSPS) is 21.2. The van der Waals surface area contributed by atoms with Crippen LogP contribution in [0.1, 0.15) is 63.5 Å². The molecule has 30 heavy (non-hydrogen) atoms. The van der Waals surface area contributed by atoms with Gasteiger partial charge < -0.3 is 15.0 Å². The van der Waals surface area contributed by atoms with Gasteiger partial charge >= 0.3 is 0 Å². The van der Waals surface area contributed by atoms with Crippen molar-refractivity contribution < 1.29 is 14.3 Å². The number of hydrogen-bond acceptors (Lipinski definition) is 5. The van der Waals surface area contributed by atoms with Crippen LogP contribution in [-0.2, 0) is 14.3 Å². The van der Waals surface area contributed by atoms with Crippen molar-refractivity contribution >= 4 is 40.2 Å². The molecule has 0 spiro atoms. The van der Waals surface area contributed by atoms with E-state index in [0.717, 1.165) is 43.4 Å². The Hall–Kier alpha value is -1.60. The number of carbonyl (C=O) groups excluding carboxylic acids is 2. The number of nitrogens with zero attached hydrogens (tertiary/aromatic N) is 1. The summed E-state index contributed by atoms with van der Waals surface area (Å²) in [6.07, 6.45) is 6.93. The average Bonchev–Trinajstić information content (AvgIpc) is 2.75. The van der Waals surface area contributed by atoms with E-state index < -0.39 is 6.04 Å². The zero-order valence-corrected chi connectivity index (χ0v) is 19.3. The van der Waals surface area contributed by atoms with Gasteiger partial charge in [0.1, 0.15) is 6.04 Å². The van der Waals surface area contributed by atoms with Gasteiger partial charge in [0, 0.05) is 24.8 Å². The summed E-state index contributed by atoms with van der Waals surface area (Å²) in [5.41, 5.74) is 0.879. The minimum Gasteiger partial charge on any atom is -0.479 e. The summed E-state index contributed by atoms with van der Waals surface area (Å²) in [5, 5.41) is 3.23. The van der Waals surface area contributed by atoms with E-state index >= 15 is 0 Å². The number of hydrogen-bond donors (Lipinski definition) is 1. The summed E-state index contributed by atoms with van der Waals surface area (Å²) in [5.74, 6) is 1.03. The highest BCUT2D eigenvalue weighted by atomic mass is 32.2. The number of likely N-dealkylation sites (tertiary alicyclic amines) is 1. The number of carbonyl (C=O) groups is 2. The summed E-state index contributed by atoms with van der Waals surface area (Å²) in [6, 6.07) is 9.35. The molecule has 1 saturated carbocycles. The summed E-state index contributed by atoms with van der Waals surface area (Å²) < 4.78 is 5.87. The topological polar surface area (TPSA) is 58.6 Å². The zero-order valence-electron chi connectivity index (χ0n) is 17.7. The fraction of sp³-hybridized carbons (Fsp3) is 0.609. The summed E-state index contributed by atoms with van der Waals surface area (Å²) in [7, 11) is 0. The molecule has 1 N–H and O–H groups in total. The fourth-order valence-electron chi connectivity index (χ4n) is 4.31. The molecule has 164 valence electrons. The van der Waals surface area contributed by atoms with E-state index in [9.17, 15) is 9.59 Å². The van der Waals surface area contributed by atoms with Gasteiger partial charge in [-0.1, -0.05) is 61.4 Å². The second kappa shape index (κ2) is 11.7. The lowest BCUT2D eigenvalue weighted by molar-refractivity contribution is -0.144. The van der Waals surface area contributed by atoms with Crippen LogP contribution in [0.15, 0.2) is 30.3 Å². The molecule has 3 rings (SSSR count). The molecule has 2 aliphatic rings. The molecule has 0 bridgehead atoms. The summed E-state index contributed by atoms with van der Waals surface area (Å²) >= 11 is 6.69. The Morgan fingerprint density at radius 2 is 1.97 bits per heavy atom. The van der Waals surface area contributed by atoms with Crippen LogP contribution in [0.2, 0.25) is 0 Å². The maximum atomic E-state index is 13.3. The Bertz CT molecular complexity index is 722. The molecular weight excluding hydrogens is 416 g/mol. The van der Waals surface area contributed by atoms with E-state index in [1.54, 1.807) is 4.90 Å². The van der Waals surface area contributed by atoms with E-state index in [4.69, 9.17) is 17.0 Å². The Labute approximate surface area is 189 Å². The first-order valence-electron chi connectivity index (χ1n) is 11.0. The Balaban J connectivity index is 1.65. The van der Waals surface area contributed by atoms with Gasteiger partial charge in [-0.25, -0.2) is 0 Å². The summed E-state index contributed by atoms with van der Waals surface area (Å²) in [4.78, 5) is 28.1. The van der Waals surface area contributed by atoms with Crippen LogP contribution in [0, 0.1) is 5.92 Å². The van der Waals surface area contributed by atoms with Gasteiger partial charge in [0.2, 0.25) is 16.2 Å². The molecule has 2 fully saturated rings. The van der Waals surface area contributed by atoms with Gasteiger partial charge in [0.05, 0.1) is 6.61 Å². The molecule has 1 heterocycles. The molecule has 2 amide bonds. The van der Waals surface area contributed by atoms with Crippen LogP contribution < -0.4 is 5.32 Å². The number of thiocarbonyl (C=S) groups is 1. The SMILES string of the molecule is CCOC(=S)SCC1CCN(C(C(=O)NC2CCCCC2)c2ccccc2)C(=O)C1. The van der Waals surface area contributed by atoms with Crippen LogP contribution in [0.5, 0.6) is 0 Å². The first kappa shape index (κ1) is 23.1. The lowest BCUT2D eigenvalue weighted by atomic mass is 9.93. The third-order valence-electron chi connectivity index (χ3n) is 5.89. The fourth-order valence-corrected chi connectivity index (χ4v) is 5.49. The highest BCUT2D eigenvalue weighted by Crippen LogP contribution is 2.31. The van der Waals surface area contributed by atoms with Crippen molar-refractivity contribution in [1.29, 1.82) is 0 Å². The van der Waals surface area contributed by atoms with Crippen molar-refractivity contribution in [3.8, 4) is 0 Å². The van der Waals surface area contributed by atoms with E-state index in [2.05, 4.69) is 5.32 Å². The Morgan fingerprint density at radius 3 is 2.63 bits per heavy atom. The van der Waals surface area contributed by atoms with Crippen LogP contribution >= 0.6 is 24.0 Å². The van der Waals surface area contributed by atoms with E-state index in [1.165, 1.54) is 18.2 Å². The number of rotatable bonds is 7. The van der Waals surface area contributed by atoms with Gasteiger partial charge in [-0.15, -0.1) is 0 Å². The molecule has 1 aliphatic carbocycles. The molecule has 0 aromatic heterocycles. The Kier molecular flexibility index (Phi) is 9.00. The van der Waals surface area contributed by atoms with Crippen molar-refractivity contribution in [2.75, 3.05) is 18.9 Å². The maximum absolute atomic E-state index is 13.3. The second-order valence-corrected chi connectivity index (χ2v) is 9.72. The third-order valence-corrected chi connectivity index (χ3v) is 7.35. The molecule has 1 aromatic rings. The van der Waals surface area contributed by atoms with Crippen molar-refractivity contribution in [1.82, 2.24) is 10.2 Å². The minimum atomic E-state index is -0.557. The van der Waals surface area contributed by atoms with Gasteiger partial charge in [-0.3, -0.25) is 9.59 Å². The predicted octanol–water partition coefficient (Wildman–Crippen LogP) is 4.47. The quantitative estimate of drug-likeness (QED) is 0.624. The van der Waals surface area contributed by atoms with Crippen LogP contribution in [0.4, 0.5) is 0 Å². The van der Waals surface area contributed by atoms with Gasteiger partial charge in [-0.05, 0) is 49.9 Å². The van der Waals surface area contributed by atoms with Gasteiger partial charge in [0.25, 0.3) is 0 Å². The highest BCUT2D eigenvalue weighted by Gasteiger charge is 2.36. The largest absolute Gasteiger partial charge is 0.479 e. The number of thioether (sulfide) groups is 1. The van der Waals surface area contributed by atoms with Gasteiger partial charge in [-0.2, -0.15) is 0 Å². The molecular formula is C23H32N2O3S2. The first-order valence-corrected chi connectivity index (χ1v) is 12.4. The standard InChI is InChI=1S/C23H32N2O3S2/c1-2-28-23(29)30-16-17-13-14-25(20(26)15-17)21(18-9-5-3-6-10-18)22(27)24-19-11-7-4-8-12-19/h3,5-6,9-10,17,19,21H,2,4,7-8,11-16H2,1H3,(H,24,27). The number of benzene rings is 1. The smallest absolute Gasteiger partial charge is 0.247 e. The van der Waals surface area contributed by atoms with Crippen molar-refractivity contribution in [3.63, 3.8) is 0 Å². The Morgan fingerprint density at radius 1 is 1.23 bits per heavy atom. The van der Waals surface area contributed by atoms with Crippen molar-refractivity contribution in [3.05, 3.63) is 35.9 Å². The molecule has 1 aliphatic heterocycles. The van der Waals surface area contributed by atoms with E-state index in [-0.39, 0.29) is 23.8 Å². The average molecular weight is 449 g/mol. The summed E-state index contributed by atoms with van der Waals surface area (Å²) in [6.45, 7) is 3.07. The third kappa shape index (κ3) is 6.45. The minimum absolute atomic E-state index is 0.0434. The lowest BCUT2D eigenvalue weighted by Gasteiger charge is -2.37. The molecule has 2 atom stereocenters. The maximum Gasteiger partial charge on any atom is 0.247 e. The van der Waals surface area contributed by atoms with E-state index in [0.29, 0.717) is 24.0 Å². The van der Waals surface area contributed by atoms with Crippen LogP contribution in [0.3, 0.4) is 0 Å². The molecule has 1 aromatic carbocycles. The monoisotopic (exact) mass is 448 g/mol. The number of amides is 2. The molecule has 0 radical (unpaired) electrons. The van der Waals surface area contributed by atoms with Crippen molar-refractivity contribution in [2.45, 2.75) is 64.0 Å². The molecule has 5 nitrogen and oxygen atoms in total. The second-order valence-electron chi connectivity index (χ2n) is 8.10. The number of piperidine rings is 1. The number of ether oxygens (including phenoxy) is 1. The van der Waals surface area contributed by atoms with Crippen molar-refractivity contribution in [2.24, 2.45) is 5.92 Å². The molecule has 1 saturated heterocycles. The predicted molar refractivity (Wildman–Crippen MR) is 125 cm³/mol. The molecule has 2 unspecified atom stereocenters. The zero-order chi connectivity index (χ0) is 21.3. The van der Waals surface area contributed by atoms with Crippen LogP contribution in [0.25, 0.3) is 0 Å². The van der Waals surface area contributed by atoms with Gasteiger partial charge in [0.15, 0.2) is 0 Å². The van der Waals surface area contributed by atoms with Crippen LogP contribution in [-0.4, -0.2) is 46.0 Å². The first-order chi connectivity index (χ1) is 14.6. The van der Waals surface area contributed by atoms with E-state index in [1.807, 2.05) is 37.3 Å². The number of nitrogens with one attached hydrogen (secondary N) is 1. The lowest BCUT2D eigenvalue weighted by Crippen LogP contribution is -2.49. The highest BCUT2D eigenvalue weighted by molar-refractivity contribution is 8.22.